The highest BCUT2D eigenvalue weighted by Crippen LogP contribution is 2.42. The number of hydrogen-bond donors (Lipinski definition) is 2. The van der Waals surface area contributed by atoms with Gasteiger partial charge in [0, 0.05) is 36.0 Å². The first-order valence-electron chi connectivity index (χ1n) is 6.70. The fourth-order valence-corrected chi connectivity index (χ4v) is 3.16. The van der Waals surface area contributed by atoms with Crippen LogP contribution in [0.15, 0.2) is 12.1 Å². The van der Waals surface area contributed by atoms with Crippen LogP contribution in [0.1, 0.15) is 29.5 Å². The monoisotopic (exact) mass is 259 g/mol. The number of carbonyl (C=O) groups is 1. The molecule has 0 saturated heterocycles. The van der Waals surface area contributed by atoms with Gasteiger partial charge in [0.25, 0.3) is 0 Å². The lowest BCUT2D eigenvalue weighted by Gasteiger charge is -2.37. The van der Waals surface area contributed by atoms with Crippen molar-refractivity contribution < 1.29 is 15.0 Å². The molecule has 1 aromatic rings. The second-order valence-corrected chi connectivity index (χ2v) is 5.17. The number of rotatable bonds is 2. The molecule has 100 valence electrons. The summed E-state index contributed by atoms with van der Waals surface area (Å²) in [7, 11) is 0. The summed E-state index contributed by atoms with van der Waals surface area (Å²) in [5, 5.41) is 19.0. The Bertz CT molecular complexity index is 561. The van der Waals surface area contributed by atoms with Crippen molar-refractivity contribution in [3.8, 4) is 5.75 Å². The summed E-state index contributed by atoms with van der Waals surface area (Å²) in [6.07, 6.45) is 6.62. The van der Waals surface area contributed by atoms with Crippen LogP contribution in [0.5, 0.6) is 5.75 Å². The van der Waals surface area contributed by atoms with Crippen LogP contribution in [0, 0.1) is 0 Å². The van der Waals surface area contributed by atoms with Crippen LogP contribution in [0.3, 0.4) is 0 Å². The second kappa shape index (κ2) is 4.61. The lowest BCUT2D eigenvalue weighted by atomic mass is 9.89. The van der Waals surface area contributed by atoms with Gasteiger partial charge in [0.2, 0.25) is 0 Å². The summed E-state index contributed by atoms with van der Waals surface area (Å²) < 4.78 is 0. The van der Waals surface area contributed by atoms with Gasteiger partial charge in [-0.3, -0.25) is 0 Å². The predicted octanol–water partition coefficient (Wildman–Crippen LogP) is 2.19. The minimum Gasteiger partial charge on any atom is -0.507 e. The van der Waals surface area contributed by atoms with Gasteiger partial charge in [0.1, 0.15) is 5.75 Å². The van der Waals surface area contributed by atoms with Gasteiger partial charge in [-0.05, 0) is 43.4 Å². The Hall–Kier alpha value is -1.97. The largest absolute Gasteiger partial charge is 0.507 e. The van der Waals surface area contributed by atoms with Crippen LogP contribution >= 0.6 is 0 Å². The van der Waals surface area contributed by atoms with Crippen LogP contribution in [0.25, 0.3) is 6.08 Å². The van der Waals surface area contributed by atoms with Crippen molar-refractivity contribution >= 4 is 17.7 Å². The fraction of sp³-hybridized carbons (Fsp3) is 0.400. The van der Waals surface area contributed by atoms with Gasteiger partial charge >= 0.3 is 5.97 Å². The molecule has 3 rings (SSSR count). The van der Waals surface area contributed by atoms with E-state index in [2.05, 4.69) is 4.90 Å². The van der Waals surface area contributed by atoms with Crippen LogP contribution < -0.4 is 4.90 Å². The van der Waals surface area contributed by atoms with E-state index in [4.69, 9.17) is 5.11 Å². The molecule has 0 bridgehead atoms. The number of nitrogens with zero attached hydrogens (tertiary/aromatic N) is 1. The maximum Gasteiger partial charge on any atom is 0.328 e. The zero-order valence-electron chi connectivity index (χ0n) is 10.7. The first-order valence-corrected chi connectivity index (χ1v) is 6.70. The molecule has 2 N–H and O–H groups in total. The fourth-order valence-electron chi connectivity index (χ4n) is 3.16. The van der Waals surface area contributed by atoms with Crippen LogP contribution in [-0.4, -0.2) is 29.3 Å². The van der Waals surface area contributed by atoms with E-state index in [1.807, 2.05) is 6.07 Å². The number of hydrogen-bond acceptors (Lipinski definition) is 3. The highest BCUT2D eigenvalue weighted by molar-refractivity contribution is 5.87. The van der Waals surface area contributed by atoms with Crippen molar-refractivity contribution in [1.82, 2.24) is 0 Å². The number of benzene rings is 1. The Kier molecular flexibility index (Phi) is 2.93. The first-order chi connectivity index (χ1) is 9.16. The lowest BCUT2D eigenvalue weighted by Crippen LogP contribution is -2.34. The Morgan fingerprint density at radius 2 is 2.00 bits per heavy atom. The second-order valence-electron chi connectivity index (χ2n) is 5.17. The number of aryl methyl sites for hydroxylation is 1. The van der Waals surface area contributed by atoms with Gasteiger partial charge in [0.15, 0.2) is 0 Å². The maximum atomic E-state index is 10.6. The molecule has 0 spiro atoms. The zero-order valence-corrected chi connectivity index (χ0v) is 10.7. The minimum atomic E-state index is -0.993. The summed E-state index contributed by atoms with van der Waals surface area (Å²) in [5.74, 6) is -0.741. The van der Waals surface area contributed by atoms with Crippen LogP contribution in [0.4, 0.5) is 5.69 Å². The molecule has 0 unspecified atom stereocenters. The molecular weight excluding hydrogens is 242 g/mol. The van der Waals surface area contributed by atoms with E-state index in [1.165, 1.54) is 17.3 Å². The average Bonchev–Trinajstić information content (AvgIpc) is 2.41. The number of phenolic OH excluding ortho intramolecular Hbond substituents is 1. The molecule has 0 saturated carbocycles. The summed E-state index contributed by atoms with van der Waals surface area (Å²) in [6, 6.07) is 1.94. The van der Waals surface area contributed by atoms with Crippen LogP contribution in [-0.2, 0) is 17.6 Å². The maximum absolute atomic E-state index is 10.6. The third-order valence-corrected chi connectivity index (χ3v) is 3.93. The van der Waals surface area contributed by atoms with Gasteiger partial charge in [-0.25, -0.2) is 4.79 Å². The van der Waals surface area contributed by atoms with E-state index >= 15 is 0 Å². The number of carboxylic acid groups (broad SMARTS) is 1. The van der Waals surface area contributed by atoms with E-state index < -0.39 is 5.97 Å². The summed E-state index contributed by atoms with van der Waals surface area (Å²) in [6.45, 7) is 2.12. The Morgan fingerprint density at radius 3 is 2.74 bits per heavy atom. The quantitative estimate of drug-likeness (QED) is 0.799. The third kappa shape index (κ3) is 2.07. The molecule has 4 nitrogen and oxygen atoms in total. The Morgan fingerprint density at radius 1 is 1.26 bits per heavy atom. The van der Waals surface area contributed by atoms with Gasteiger partial charge in [-0.2, -0.15) is 0 Å². The van der Waals surface area contributed by atoms with E-state index in [0.29, 0.717) is 5.56 Å². The van der Waals surface area contributed by atoms with Crippen molar-refractivity contribution in [2.24, 2.45) is 0 Å². The van der Waals surface area contributed by atoms with Crippen LogP contribution in [0.2, 0.25) is 0 Å². The summed E-state index contributed by atoms with van der Waals surface area (Å²) >= 11 is 0. The molecule has 2 heterocycles. The molecule has 1 aromatic carbocycles. The Balaban J connectivity index is 2.12. The standard InChI is InChI=1S/C15H17NO3/c17-13(18)6-5-11-9-10-3-1-7-16-8-2-4-12(14(10)16)15(11)19/h5-6,9,19H,1-4,7-8H2,(H,17,18)/b6-5+. The van der Waals surface area contributed by atoms with Gasteiger partial charge < -0.3 is 15.1 Å². The van der Waals surface area contributed by atoms with Gasteiger partial charge in [-0.1, -0.05) is 0 Å². The van der Waals surface area contributed by atoms with Crippen molar-refractivity contribution in [2.75, 3.05) is 18.0 Å². The molecule has 0 aromatic heterocycles. The zero-order chi connectivity index (χ0) is 13.4. The normalized spacial score (nSPS) is 17.6. The molecule has 0 fully saturated rings. The highest BCUT2D eigenvalue weighted by Gasteiger charge is 2.27. The lowest BCUT2D eigenvalue weighted by molar-refractivity contribution is -0.131. The summed E-state index contributed by atoms with van der Waals surface area (Å²) in [5.41, 5.74) is 4.06. The van der Waals surface area contributed by atoms with Crippen molar-refractivity contribution in [1.29, 1.82) is 0 Å². The molecule has 0 amide bonds. The number of carboxylic acids is 1. The number of aliphatic carboxylic acids is 1. The number of anilines is 1. The predicted molar refractivity (Wildman–Crippen MR) is 73.6 cm³/mol. The molecule has 0 radical (unpaired) electrons. The first kappa shape index (κ1) is 12.1. The SMILES string of the molecule is O=C(O)/C=C/c1cc2c3c(c1O)CCCN3CCC2. The summed E-state index contributed by atoms with van der Waals surface area (Å²) in [4.78, 5) is 13.0. The average molecular weight is 259 g/mol. The molecule has 4 heteroatoms. The highest BCUT2D eigenvalue weighted by atomic mass is 16.4. The van der Waals surface area contributed by atoms with E-state index in [1.54, 1.807) is 0 Å². The minimum absolute atomic E-state index is 0.253. The smallest absolute Gasteiger partial charge is 0.328 e. The molecule has 0 aliphatic carbocycles. The van der Waals surface area contributed by atoms with E-state index in [9.17, 15) is 9.90 Å². The Labute approximate surface area is 112 Å². The molecule has 19 heavy (non-hydrogen) atoms. The number of phenols is 1. The molecular formula is C15H17NO3. The van der Waals surface area contributed by atoms with E-state index in [0.717, 1.165) is 50.4 Å². The molecule has 2 aliphatic heterocycles. The van der Waals surface area contributed by atoms with Crippen molar-refractivity contribution in [2.45, 2.75) is 25.7 Å². The third-order valence-electron chi connectivity index (χ3n) is 3.93. The van der Waals surface area contributed by atoms with E-state index in [-0.39, 0.29) is 5.75 Å². The molecule has 0 atom stereocenters. The van der Waals surface area contributed by atoms with Gasteiger partial charge in [-0.15, -0.1) is 0 Å². The topological polar surface area (TPSA) is 60.8 Å². The van der Waals surface area contributed by atoms with Crippen molar-refractivity contribution in [3.63, 3.8) is 0 Å². The van der Waals surface area contributed by atoms with Crippen molar-refractivity contribution in [3.05, 3.63) is 28.8 Å². The van der Waals surface area contributed by atoms with Gasteiger partial charge in [0.05, 0.1) is 0 Å². The number of aromatic hydroxyl groups is 1. The molecule has 2 aliphatic rings.